The summed E-state index contributed by atoms with van der Waals surface area (Å²) in [5.41, 5.74) is 0.954. The zero-order valence-corrected chi connectivity index (χ0v) is 32.3. The Balaban J connectivity index is 1.34. The molecular weight excluding hydrogens is 732 g/mol. The van der Waals surface area contributed by atoms with Crippen molar-refractivity contribution in [2.75, 3.05) is 87.7 Å². The number of rotatable bonds is 18. The number of carbonyl (C=O) groups is 3. The van der Waals surface area contributed by atoms with Gasteiger partial charge in [-0.05, 0) is 38.1 Å². The average molecular weight is 779 g/mol. The summed E-state index contributed by atoms with van der Waals surface area (Å²) in [4.78, 5) is 55.1. The number of esters is 2. The van der Waals surface area contributed by atoms with Crippen LogP contribution in [0.4, 0.5) is 0 Å². The Bertz CT molecular complexity index is 2070. The summed E-state index contributed by atoms with van der Waals surface area (Å²) in [6, 6.07) is 12.7. The van der Waals surface area contributed by atoms with Crippen molar-refractivity contribution in [2.24, 2.45) is 0 Å². The van der Waals surface area contributed by atoms with Crippen LogP contribution in [0.3, 0.4) is 0 Å². The van der Waals surface area contributed by atoms with E-state index in [1.165, 1.54) is 25.3 Å². The Morgan fingerprint density at radius 3 is 1.95 bits per heavy atom. The number of benzene rings is 3. The molecule has 0 saturated carbocycles. The first-order valence-corrected chi connectivity index (χ1v) is 17.9. The molecule has 300 valence electrons. The predicted molar refractivity (Wildman–Crippen MR) is 202 cm³/mol. The van der Waals surface area contributed by atoms with Crippen molar-refractivity contribution in [1.82, 2.24) is 9.80 Å². The standard InChI is InChI=1S/C40H46N2O14/c1-7-51-36(45)23-53-27-18-33(54-22-35(44)42-15-13-41(14-16-42)21-26-10-12-30(48-4)40(50-6)39(26)49-5)38-28(43)20-31(56-34(38)19-27)25-9-11-29(47-3)32(17-25)55-24-37(46)52-8-2/h9-12,17-20H,7-8,13-16,21-24H2,1-6H3. The van der Waals surface area contributed by atoms with Gasteiger partial charge in [0.2, 0.25) is 5.75 Å². The summed E-state index contributed by atoms with van der Waals surface area (Å²) in [5.74, 6) is 1.11. The van der Waals surface area contributed by atoms with Crippen molar-refractivity contribution in [3.05, 3.63) is 64.3 Å². The van der Waals surface area contributed by atoms with E-state index in [0.29, 0.717) is 61.3 Å². The molecule has 0 spiro atoms. The van der Waals surface area contributed by atoms with Gasteiger partial charge in [0.1, 0.15) is 28.2 Å². The number of fused-ring (bicyclic) bond motifs is 1. The van der Waals surface area contributed by atoms with Gasteiger partial charge in [-0.3, -0.25) is 14.5 Å². The molecule has 3 aromatic carbocycles. The molecule has 5 rings (SSSR count). The normalized spacial score (nSPS) is 12.8. The van der Waals surface area contributed by atoms with Crippen LogP contribution in [-0.4, -0.2) is 115 Å². The molecule has 2 heterocycles. The molecule has 56 heavy (non-hydrogen) atoms. The molecule has 0 N–H and O–H groups in total. The minimum Gasteiger partial charge on any atom is -0.493 e. The van der Waals surface area contributed by atoms with Crippen LogP contribution >= 0.6 is 0 Å². The number of hydrogen-bond donors (Lipinski definition) is 0. The van der Waals surface area contributed by atoms with Crippen LogP contribution in [0.5, 0.6) is 40.2 Å². The summed E-state index contributed by atoms with van der Waals surface area (Å²) in [5, 5.41) is 0.0611. The number of carbonyl (C=O) groups excluding carboxylic acids is 3. The summed E-state index contributed by atoms with van der Waals surface area (Å²) < 4.78 is 55.4. The molecule has 1 aliphatic heterocycles. The molecule has 1 aromatic heterocycles. The number of piperazine rings is 1. The van der Waals surface area contributed by atoms with Gasteiger partial charge in [-0.1, -0.05) is 6.07 Å². The maximum absolute atomic E-state index is 13.7. The smallest absolute Gasteiger partial charge is 0.344 e. The Labute approximate surface area is 323 Å². The molecular formula is C40H46N2O14. The fraction of sp³-hybridized carbons (Fsp3) is 0.400. The van der Waals surface area contributed by atoms with Crippen LogP contribution < -0.4 is 38.6 Å². The van der Waals surface area contributed by atoms with Crippen LogP contribution in [0, 0.1) is 0 Å². The molecule has 1 fully saturated rings. The molecule has 1 amide bonds. The zero-order valence-electron chi connectivity index (χ0n) is 32.3. The second-order valence-electron chi connectivity index (χ2n) is 12.3. The topological polar surface area (TPSA) is 171 Å². The van der Waals surface area contributed by atoms with Crippen molar-refractivity contribution in [3.8, 4) is 51.6 Å². The molecule has 0 unspecified atom stereocenters. The number of amides is 1. The van der Waals surface area contributed by atoms with Crippen molar-refractivity contribution in [3.63, 3.8) is 0 Å². The van der Waals surface area contributed by atoms with E-state index >= 15 is 0 Å². The fourth-order valence-electron chi connectivity index (χ4n) is 6.11. The predicted octanol–water partition coefficient (Wildman–Crippen LogP) is 4.10. The molecule has 4 aromatic rings. The first kappa shape index (κ1) is 41.0. The summed E-state index contributed by atoms with van der Waals surface area (Å²) >= 11 is 0. The van der Waals surface area contributed by atoms with Gasteiger partial charge in [0.25, 0.3) is 5.91 Å². The van der Waals surface area contributed by atoms with E-state index in [4.69, 9.17) is 47.0 Å². The lowest BCUT2D eigenvalue weighted by atomic mass is 10.1. The summed E-state index contributed by atoms with van der Waals surface area (Å²) in [6.45, 7) is 5.23. The van der Waals surface area contributed by atoms with Crippen molar-refractivity contribution < 1.29 is 61.4 Å². The number of ether oxygens (including phenoxy) is 9. The van der Waals surface area contributed by atoms with Crippen molar-refractivity contribution in [1.29, 1.82) is 0 Å². The third kappa shape index (κ3) is 9.92. The van der Waals surface area contributed by atoms with E-state index in [1.807, 2.05) is 12.1 Å². The van der Waals surface area contributed by atoms with Gasteiger partial charge in [0.15, 0.2) is 48.2 Å². The summed E-state index contributed by atoms with van der Waals surface area (Å²) in [7, 11) is 6.15. The van der Waals surface area contributed by atoms with Crippen LogP contribution in [0.15, 0.2) is 57.7 Å². The molecule has 0 bridgehead atoms. The number of methoxy groups -OCH3 is 4. The summed E-state index contributed by atoms with van der Waals surface area (Å²) in [6.07, 6.45) is 0. The van der Waals surface area contributed by atoms with Crippen molar-refractivity contribution >= 4 is 28.8 Å². The quantitative estimate of drug-likeness (QED) is 0.132. The minimum atomic E-state index is -0.599. The third-order valence-corrected chi connectivity index (χ3v) is 8.78. The Kier molecular flexibility index (Phi) is 14.2. The largest absolute Gasteiger partial charge is 0.493 e. The van der Waals surface area contributed by atoms with Gasteiger partial charge in [0.05, 0.1) is 41.7 Å². The van der Waals surface area contributed by atoms with Gasteiger partial charge >= 0.3 is 11.9 Å². The highest BCUT2D eigenvalue weighted by Gasteiger charge is 2.25. The second-order valence-corrected chi connectivity index (χ2v) is 12.3. The van der Waals surface area contributed by atoms with E-state index in [2.05, 4.69) is 4.90 Å². The van der Waals surface area contributed by atoms with E-state index < -0.39 is 24.0 Å². The van der Waals surface area contributed by atoms with Gasteiger partial charge in [0, 0.05) is 62.0 Å². The maximum Gasteiger partial charge on any atom is 0.344 e. The number of nitrogens with zero attached hydrogens (tertiary/aromatic N) is 2. The second kappa shape index (κ2) is 19.4. The van der Waals surface area contributed by atoms with E-state index in [0.717, 1.165) is 5.56 Å². The Hall–Kier alpha value is -6.16. The van der Waals surface area contributed by atoms with Gasteiger partial charge in [-0.2, -0.15) is 0 Å². The van der Waals surface area contributed by atoms with Gasteiger partial charge in [-0.25, -0.2) is 9.59 Å². The monoisotopic (exact) mass is 778 g/mol. The lowest BCUT2D eigenvalue weighted by Gasteiger charge is -2.35. The maximum atomic E-state index is 13.7. The van der Waals surface area contributed by atoms with E-state index in [9.17, 15) is 19.2 Å². The molecule has 0 atom stereocenters. The molecule has 16 heteroatoms. The first-order valence-electron chi connectivity index (χ1n) is 17.9. The van der Waals surface area contributed by atoms with Crippen LogP contribution in [0.1, 0.15) is 19.4 Å². The van der Waals surface area contributed by atoms with Crippen LogP contribution in [-0.2, 0) is 30.4 Å². The minimum absolute atomic E-state index is 0.0300. The Morgan fingerprint density at radius 2 is 1.30 bits per heavy atom. The zero-order chi connectivity index (χ0) is 40.2. The SMILES string of the molecule is CCOC(=O)COc1cc(OCC(=O)N2CCN(Cc3ccc(OC)c(OC)c3OC)CC2)c2c(=O)cc(-c3ccc(OC)c(OCC(=O)OCC)c3)oc2c1. The highest BCUT2D eigenvalue weighted by molar-refractivity contribution is 5.87. The highest BCUT2D eigenvalue weighted by atomic mass is 16.6. The molecule has 16 nitrogen and oxygen atoms in total. The lowest BCUT2D eigenvalue weighted by molar-refractivity contribution is -0.146. The van der Waals surface area contributed by atoms with Gasteiger partial charge in [-0.15, -0.1) is 0 Å². The van der Waals surface area contributed by atoms with Crippen LogP contribution in [0.2, 0.25) is 0 Å². The average Bonchev–Trinajstić information content (AvgIpc) is 3.21. The Morgan fingerprint density at radius 1 is 0.661 bits per heavy atom. The van der Waals surface area contributed by atoms with E-state index in [1.54, 1.807) is 58.3 Å². The van der Waals surface area contributed by atoms with Gasteiger partial charge < -0.3 is 51.9 Å². The molecule has 0 radical (unpaired) electrons. The first-order chi connectivity index (χ1) is 27.1. The molecule has 0 aliphatic carbocycles. The number of hydrogen-bond acceptors (Lipinski definition) is 15. The highest BCUT2D eigenvalue weighted by Crippen LogP contribution is 2.40. The van der Waals surface area contributed by atoms with Crippen LogP contribution in [0.25, 0.3) is 22.3 Å². The lowest BCUT2D eigenvalue weighted by Crippen LogP contribution is -2.49. The van der Waals surface area contributed by atoms with Crippen molar-refractivity contribution in [2.45, 2.75) is 20.4 Å². The fourth-order valence-corrected chi connectivity index (χ4v) is 6.11. The van der Waals surface area contributed by atoms with E-state index in [-0.39, 0.29) is 66.3 Å². The molecule has 1 aliphatic rings. The third-order valence-electron chi connectivity index (χ3n) is 8.78. The molecule has 1 saturated heterocycles.